The average Bonchev–Trinajstić information content (AvgIpc) is 3.07. The number of carbonyl (C=O) groups excluding carboxylic acids is 1. The van der Waals surface area contributed by atoms with Crippen LogP contribution in [0.4, 0.5) is 0 Å². The maximum atomic E-state index is 13.1. The number of methoxy groups -OCH3 is 2. The van der Waals surface area contributed by atoms with Gasteiger partial charge in [-0.1, -0.05) is 31.2 Å². The van der Waals surface area contributed by atoms with Crippen molar-refractivity contribution in [2.45, 2.75) is 51.3 Å². The van der Waals surface area contributed by atoms with Crippen LogP contribution < -0.4 is 14.8 Å². The van der Waals surface area contributed by atoms with Crippen LogP contribution in [-0.2, 0) is 14.2 Å². The van der Waals surface area contributed by atoms with Crippen molar-refractivity contribution in [3.8, 4) is 11.5 Å². The first-order valence-corrected chi connectivity index (χ1v) is 10.7. The largest absolute Gasteiger partial charge is 0.497 e. The van der Waals surface area contributed by atoms with Crippen molar-refractivity contribution in [3.63, 3.8) is 0 Å². The number of ether oxygens (including phenoxy) is 5. The Hall–Kier alpha value is -2.39. The van der Waals surface area contributed by atoms with Gasteiger partial charge in [-0.2, -0.15) is 0 Å². The predicted octanol–water partition coefficient (Wildman–Crippen LogP) is 2.90. The van der Waals surface area contributed by atoms with Gasteiger partial charge in [0, 0.05) is 19.7 Å². The standard InChI is InChI=1S/C24H33NO7/c1-15-9-10-18(26)22-19(31-24(2,3)32-22)8-6-7-16-11-17(29-5)12-20(30-14-28-4)21(16)23(27)25-13-15/h6-7,9-12,15,18-19,22,26H,8,13-14H2,1-5H3,(H,25,27)/b7-6+,10-9-/t15-,18?,19+,22-/m1/s1. The molecule has 1 unspecified atom stereocenters. The molecule has 32 heavy (non-hydrogen) atoms. The maximum absolute atomic E-state index is 13.1. The third-order valence-electron chi connectivity index (χ3n) is 5.35. The Kier molecular flexibility index (Phi) is 7.95. The van der Waals surface area contributed by atoms with E-state index < -0.39 is 18.0 Å². The third kappa shape index (κ3) is 5.89. The molecule has 2 N–H and O–H groups in total. The fourth-order valence-electron chi connectivity index (χ4n) is 3.83. The van der Waals surface area contributed by atoms with Crippen LogP contribution in [0.25, 0.3) is 6.08 Å². The van der Waals surface area contributed by atoms with Gasteiger partial charge in [0.25, 0.3) is 5.91 Å². The lowest BCUT2D eigenvalue weighted by Crippen LogP contribution is -2.34. The topological polar surface area (TPSA) is 95.5 Å². The minimum atomic E-state index is -0.822. The normalized spacial score (nSPS) is 29.8. The summed E-state index contributed by atoms with van der Waals surface area (Å²) in [6.07, 6.45) is 6.14. The summed E-state index contributed by atoms with van der Waals surface area (Å²) in [6, 6.07) is 3.45. The van der Waals surface area contributed by atoms with Gasteiger partial charge in [-0.3, -0.25) is 4.79 Å². The number of hydrogen-bond donors (Lipinski definition) is 2. The zero-order valence-corrected chi connectivity index (χ0v) is 19.3. The number of hydrogen-bond acceptors (Lipinski definition) is 7. The monoisotopic (exact) mass is 447 g/mol. The summed E-state index contributed by atoms with van der Waals surface area (Å²) in [7, 11) is 3.07. The van der Waals surface area contributed by atoms with E-state index in [0.29, 0.717) is 35.6 Å². The van der Waals surface area contributed by atoms with Crippen LogP contribution in [0.5, 0.6) is 11.5 Å². The third-order valence-corrected chi connectivity index (χ3v) is 5.35. The summed E-state index contributed by atoms with van der Waals surface area (Å²) in [6.45, 7) is 6.01. The van der Waals surface area contributed by atoms with Crippen molar-refractivity contribution in [3.05, 3.63) is 41.5 Å². The number of benzene rings is 1. The molecule has 8 heteroatoms. The van der Waals surface area contributed by atoms with Crippen LogP contribution in [-0.4, -0.2) is 62.7 Å². The molecule has 176 valence electrons. The van der Waals surface area contributed by atoms with E-state index >= 15 is 0 Å². The minimum Gasteiger partial charge on any atom is -0.497 e. The minimum absolute atomic E-state index is 0.00233. The average molecular weight is 448 g/mol. The van der Waals surface area contributed by atoms with Gasteiger partial charge in [0.2, 0.25) is 0 Å². The predicted molar refractivity (Wildman–Crippen MR) is 120 cm³/mol. The van der Waals surface area contributed by atoms with Crippen molar-refractivity contribution in [2.75, 3.05) is 27.6 Å². The molecular formula is C24H33NO7. The zero-order chi connectivity index (χ0) is 23.3. The van der Waals surface area contributed by atoms with Crippen LogP contribution in [0.1, 0.15) is 43.1 Å². The lowest BCUT2D eigenvalue weighted by Gasteiger charge is -2.21. The van der Waals surface area contributed by atoms with Crippen molar-refractivity contribution < 1.29 is 33.6 Å². The Morgan fingerprint density at radius 1 is 1.22 bits per heavy atom. The number of carbonyl (C=O) groups is 1. The fraction of sp³-hybridized carbons (Fsp3) is 0.542. The summed E-state index contributed by atoms with van der Waals surface area (Å²) in [5, 5.41) is 13.6. The highest BCUT2D eigenvalue weighted by atomic mass is 16.8. The molecule has 0 aliphatic carbocycles. The van der Waals surface area contributed by atoms with Gasteiger partial charge >= 0.3 is 0 Å². The molecule has 1 fully saturated rings. The first kappa shape index (κ1) is 24.3. The summed E-state index contributed by atoms with van der Waals surface area (Å²) in [4.78, 5) is 13.1. The van der Waals surface area contributed by atoms with Gasteiger partial charge < -0.3 is 34.1 Å². The van der Waals surface area contributed by atoms with E-state index in [1.807, 2.05) is 39.0 Å². The van der Waals surface area contributed by atoms with Gasteiger partial charge in [-0.15, -0.1) is 0 Å². The molecule has 3 rings (SSSR count). The second-order valence-electron chi connectivity index (χ2n) is 8.48. The number of rotatable bonds is 4. The summed E-state index contributed by atoms with van der Waals surface area (Å²) < 4.78 is 28.1. The number of aliphatic hydroxyl groups excluding tert-OH is 1. The van der Waals surface area contributed by atoms with E-state index in [1.165, 1.54) is 7.11 Å². The number of nitrogens with one attached hydrogen (secondary N) is 1. The SMILES string of the molecule is COCOc1cc(OC)cc2c1C(=O)NC[C@H](C)/C=C\C(O)[C@H]1OC(C)(C)O[C@H]1C/C=C/2. The molecule has 1 aromatic carbocycles. The Balaban J connectivity index is 2.02. The fourth-order valence-corrected chi connectivity index (χ4v) is 3.83. The van der Waals surface area contributed by atoms with Crippen LogP contribution in [0.15, 0.2) is 30.4 Å². The summed E-state index contributed by atoms with van der Waals surface area (Å²) in [5.41, 5.74) is 1.04. The molecule has 0 radical (unpaired) electrons. The van der Waals surface area contributed by atoms with Crippen LogP contribution >= 0.6 is 0 Å². The van der Waals surface area contributed by atoms with E-state index in [9.17, 15) is 9.90 Å². The molecule has 2 aliphatic heterocycles. The van der Waals surface area contributed by atoms with Crippen LogP contribution in [0, 0.1) is 5.92 Å². The highest BCUT2D eigenvalue weighted by molar-refractivity contribution is 6.00. The molecule has 2 aliphatic rings. The smallest absolute Gasteiger partial charge is 0.255 e. The molecule has 2 heterocycles. The molecule has 8 nitrogen and oxygen atoms in total. The van der Waals surface area contributed by atoms with E-state index in [2.05, 4.69) is 5.32 Å². The molecule has 1 amide bonds. The molecule has 0 saturated carbocycles. The molecule has 1 aromatic rings. The summed E-state index contributed by atoms with van der Waals surface area (Å²) >= 11 is 0. The summed E-state index contributed by atoms with van der Waals surface area (Å²) in [5.74, 6) is -0.146. The second kappa shape index (κ2) is 10.5. The van der Waals surface area contributed by atoms with Gasteiger partial charge in [0.1, 0.15) is 23.7 Å². The van der Waals surface area contributed by atoms with E-state index in [0.717, 1.165) is 0 Å². The molecule has 4 atom stereocenters. The van der Waals surface area contributed by atoms with Crippen molar-refractivity contribution in [1.29, 1.82) is 0 Å². The zero-order valence-electron chi connectivity index (χ0n) is 19.3. The lowest BCUT2D eigenvalue weighted by atomic mass is 9.99. The molecule has 1 saturated heterocycles. The molecule has 0 bridgehead atoms. The van der Waals surface area contributed by atoms with Gasteiger partial charge in [0.15, 0.2) is 12.6 Å². The van der Waals surface area contributed by atoms with Gasteiger partial charge in [0.05, 0.1) is 18.8 Å². The number of aliphatic hydroxyl groups is 1. The van der Waals surface area contributed by atoms with Gasteiger partial charge in [-0.25, -0.2) is 0 Å². The van der Waals surface area contributed by atoms with E-state index in [1.54, 1.807) is 25.3 Å². The van der Waals surface area contributed by atoms with E-state index in [4.69, 9.17) is 23.7 Å². The lowest BCUT2D eigenvalue weighted by molar-refractivity contribution is -0.152. The Bertz CT molecular complexity index is 864. The van der Waals surface area contributed by atoms with Crippen molar-refractivity contribution in [1.82, 2.24) is 5.32 Å². The highest BCUT2D eigenvalue weighted by Gasteiger charge is 2.43. The van der Waals surface area contributed by atoms with Crippen LogP contribution in [0.3, 0.4) is 0 Å². The Morgan fingerprint density at radius 3 is 2.72 bits per heavy atom. The van der Waals surface area contributed by atoms with Gasteiger partial charge in [-0.05, 0) is 37.8 Å². The highest BCUT2D eigenvalue weighted by Crippen LogP contribution is 2.34. The molecule has 0 spiro atoms. The number of fused-ring (bicyclic) bond motifs is 2. The van der Waals surface area contributed by atoms with E-state index in [-0.39, 0.29) is 24.7 Å². The van der Waals surface area contributed by atoms with Crippen molar-refractivity contribution >= 4 is 12.0 Å². The molecule has 0 aromatic heterocycles. The quantitative estimate of drug-likeness (QED) is 0.541. The Labute approximate surface area is 189 Å². The first-order chi connectivity index (χ1) is 15.2. The van der Waals surface area contributed by atoms with Crippen molar-refractivity contribution in [2.24, 2.45) is 5.92 Å². The second-order valence-corrected chi connectivity index (χ2v) is 8.48. The number of amides is 1. The molecular weight excluding hydrogens is 414 g/mol. The Morgan fingerprint density at radius 2 is 2.00 bits per heavy atom. The maximum Gasteiger partial charge on any atom is 0.255 e. The van der Waals surface area contributed by atoms with Crippen LogP contribution in [0.2, 0.25) is 0 Å². The first-order valence-electron chi connectivity index (χ1n) is 10.7.